The zero-order chi connectivity index (χ0) is 18.2. The van der Waals surface area contributed by atoms with Gasteiger partial charge in [0.15, 0.2) is 0 Å². The number of ether oxygens (including phenoxy) is 1. The summed E-state index contributed by atoms with van der Waals surface area (Å²) < 4.78 is 5.35. The van der Waals surface area contributed by atoms with Crippen molar-refractivity contribution >= 4 is 12.0 Å². The van der Waals surface area contributed by atoms with Gasteiger partial charge in [0.25, 0.3) is 0 Å². The summed E-state index contributed by atoms with van der Waals surface area (Å²) in [6.45, 7) is 6.81. The molecule has 0 aromatic heterocycles. The summed E-state index contributed by atoms with van der Waals surface area (Å²) >= 11 is 0. The van der Waals surface area contributed by atoms with E-state index in [0.717, 1.165) is 12.8 Å². The fourth-order valence-corrected chi connectivity index (χ4v) is 3.58. The van der Waals surface area contributed by atoms with E-state index < -0.39 is 5.60 Å². The Bertz CT molecular complexity index is 634. The van der Waals surface area contributed by atoms with E-state index in [1.54, 1.807) is 4.90 Å². The average Bonchev–Trinajstić information content (AvgIpc) is 2.91. The van der Waals surface area contributed by atoms with Crippen LogP contribution in [0.4, 0.5) is 4.79 Å². The van der Waals surface area contributed by atoms with E-state index in [-0.39, 0.29) is 24.0 Å². The van der Waals surface area contributed by atoms with Crippen molar-refractivity contribution in [3.8, 4) is 0 Å². The first-order chi connectivity index (χ1) is 11.7. The Morgan fingerprint density at radius 3 is 2.24 bits per heavy atom. The van der Waals surface area contributed by atoms with Gasteiger partial charge in [-0.05, 0) is 44.7 Å². The van der Waals surface area contributed by atoms with Crippen LogP contribution in [0.1, 0.15) is 38.3 Å². The van der Waals surface area contributed by atoms with Crippen LogP contribution in [0.5, 0.6) is 0 Å². The van der Waals surface area contributed by atoms with Crippen molar-refractivity contribution in [2.75, 3.05) is 20.1 Å². The highest BCUT2D eigenvalue weighted by molar-refractivity contribution is 5.77. The highest BCUT2D eigenvalue weighted by Crippen LogP contribution is 2.27. The van der Waals surface area contributed by atoms with Crippen molar-refractivity contribution in [1.29, 1.82) is 0 Å². The summed E-state index contributed by atoms with van der Waals surface area (Å²) in [5, 5.41) is 0. The standard InChI is InChI=1S/C20H28N2O3/c1-20(2,3)25-19(24)22-12-14(13-22)9-18(23)21(4)17-10-15-7-5-6-8-16(15)11-17/h5-8,14,17H,9-13H2,1-4H3. The predicted molar refractivity (Wildman–Crippen MR) is 96.3 cm³/mol. The number of fused-ring (bicyclic) bond motifs is 1. The van der Waals surface area contributed by atoms with Gasteiger partial charge >= 0.3 is 6.09 Å². The van der Waals surface area contributed by atoms with Gasteiger partial charge in [0, 0.05) is 38.5 Å². The van der Waals surface area contributed by atoms with Gasteiger partial charge in [-0.3, -0.25) is 4.79 Å². The molecular formula is C20H28N2O3. The largest absolute Gasteiger partial charge is 0.444 e. The normalized spacial score (nSPS) is 17.8. The van der Waals surface area contributed by atoms with Gasteiger partial charge in [-0.25, -0.2) is 4.79 Å². The van der Waals surface area contributed by atoms with Crippen LogP contribution in [-0.4, -0.2) is 53.6 Å². The number of carbonyl (C=O) groups is 2. The van der Waals surface area contributed by atoms with Crippen LogP contribution < -0.4 is 0 Å². The lowest BCUT2D eigenvalue weighted by molar-refractivity contribution is -0.134. The fraction of sp³-hybridized carbons (Fsp3) is 0.600. The molecule has 0 N–H and O–H groups in total. The van der Waals surface area contributed by atoms with Gasteiger partial charge in [0.1, 0.15) is 5.60 Å². The maximum absolute atomic E-state index is 12.6. The van der Waals surface area contributed by atoms with E-state index >= 15 is 0 Å². The van der Waals surface area contributed by atoms with E-state index in [0.29, 0.717) is 19.5 Å². The molecule has 0 spiro atoms. The van der Waals surface area contributed by atoms with Crippen molar-refractivity contribution in [2.24, 2.45) is 5.92 Å². The molecule has 5 nitrogen and oxygen atoms in total. The Hall–Kier alpha value is -2.04. The quantitative estimate of drug-likeness (QED) is 0.847. The lowest BCUT2D eigenvalue weighted by Crippen LogP contribution is -2.53. The number of hydrogen-bond donors (Lipinski definition) is 0. The molecule has 1 aliphatic heterocycles. The molecule has 136 valence electrons. The van der Waals surface area contributed by atoms with Crippen molar-refractivity contribution in [1.82, 2.24) is 9.80 Å². The molecule has 1 aromatic rings. The molecule has 0 radical (unpaired) electrons. The molecule has 0 saturated carbocycles. The second-order valence-corrected chi connectivity index (χ2v) is 8.29. The third-order valence-electron chi connectivity index (χ3n) is 5.04. The van der Waals surface area contributed by atoms with E-state index in [4.69, 9.17) is 4.74 Å². The van der Waals surface area contributed by atoms with Gasteiger partial charge in [-0.1, -0.05) is 24.3 Å². The van der Waals surface area contributed by atoms with Crippen LogP contribution in [0.25, 0.3) is 0 Å². The van der Waals surface area contributed by atoms with Crippen LogP contribution in [-0.2, 0) is 22.4 Å². The second kappa shape index (κ2) is 6.70. The summed E-state index contributed by atoms with van der Waals surface area (Å²) in [7, 11) is 1.91. The number of benzene rings is 1. The topological polar surface area (TPSA) is 49.9 Å². The summed E-state index contributed by atoms with van der Waals surface area (Å²) in [4.78, 5) is 28.1. The molecule has 3 rings (SSSR count). The first-order valence-corrected chi connectivity index (χ1v) is 9.03. The molecule has 0 unspecified atom stereocenters. The smallest absolute Gasteiger partial charge is 0.410 e. The maximum atomic E-state index is 12.6. The maximum Gasteiger partial charge on any atom is 0.410 e. The van der Waals surface area contributed by atoms with Gasteiger partial charge in [0.05, 0.1) is 0 Å². The van der Waals surface area contributed by atoms with Crippen LogP contribution in [0.15, 0.2) is 24.3 Å². The third-order valence-corrected chi connectivity index (χ3v) is 5.04. The Kier molecular flexibility index (Phi) is 4.76. The number of rotatable bonds is 3. The molecule has 0 atom stereocenters. The van der Waals surface area contributed by atoms with E-state index in [1.807, 2.05) is 32.7 Å². The minimum Gasteiger partial charge on any atom is -0.444 e. The number of likely N-dealkylation sites (tertiary alicyclic amines) is 1. The summed E-state index contributed by atoms with van der Waals surface area (Å²) in [6.07, 6.45) is 2.10. The first kappa shape index (κ1) is 17.8. The molecule has 1 aromatic carbocycles. The Balaban J connectivity index is 1.44. The monoisotopic (exact) mass is 344 g/mol. The van der Waals surface area contributed by atoms with Gasteiger partial charge < -0.3 is 14.5 Å². The van der Waals surface area contributed by atoms with Crippen molar-refractivity contribution < 1.29 is 14.3 Å². The van der Waals surface area contributed by atoms with Crippen molar-refractivity contribution in [3.63, 3.8) is 0 Å². The number of amides is 2. The lowest BCUT2D eigenvalue weighted by Gasteiger charge is -2.40. The van der Waals surface area contributed by atoms with Crippen molar-refractivity contribution in [3.05, 3.63) is 35.4 Å². The van der Waals surface area contributed by atoms with E-state index in [1.165, 1.54) is 11.1 Å². The number of carbonyl (C=O) groups excluding carboxylic acids is 2. The zero-order valence-corrected chi connectivity index (χ0v) is 15.6. The number of hydrogen-bond acceptors (Lipinski definition) is 3. The van der Waals surface area contributed by atoms with Gasteiger partial charge in [0.2, 0.25) is 5.91 Å². The van der Waals surface area contributed by atoms with Gasteiger partial charge in [-0.2, -0.15) is 0 Å². The van der Waals surface area contributed by atoms with Crippen LogP contribution in [0, 0.1) is 5.92 Å². The molecule has 1 aliphatic carbocycles. The third kappa shape index (κ3) is 4.14. The predicted octanol–water partition coefficient (Wildman–Crippen LogP) is 2.87. The minimum atomic E-state index is -0.477. The SMILES string of the molecule is CN(C(=O)CC1CN(C(=O)OC(C)(C)C)C1)C1Cc2ccccc2C1. The average molecular weight is 344 g/mol. The van der Waals surface area contributed by atoms with Gasteiger partial charge in [-0.15, -0.1) is 0 Å². The molecule has 2 aliphatic rings. The van der Waals surface area contributed by atoms with Crippen LogP contribution in [0.3, 0.4) is 0 Å². The second-order valence-electron chi connectivity index (χ2n) is 8.29. The van der Waals surface area contributed by atoms with E-state index in [9.17, 15) is 9.59 Å². The first-order valence-electron chi connectivity index (χ1n) is 9.03. The van der Waals surface area contributed by atoms with Crippen LogP contribution in [0.2, 0.25) is 0 Å². The Labute approximate surface area is 149 Å². The van der Waals surface area contributed by atoms with E-state index in [2.05, 4.69) is 24.3 Å². The van der Waals surface area contributed by atoms with Crippen molar-refractivity contribution in [2.45, 2.75) is 51.7 Å². The summed E-state index contributed by atoms with van der Waals surface area (Å²) in [5.41, 5.74) is 2.23. The number of likely N-dealkylation sites (N-methyl/N-ethyl adjacent to an activating group) is 1. The molecule has 1 fully saturated rings. The highest BCUT2D eigenvalue weighted by Gasteiger charge is 2.36. The molecular weight excluding hydrogens is 316 g/mol. The highest BCUT2D eigenvalue weighted by atomic mass is 16.6. The molecule has 5 heteroatoms. The zero-order valence-electron chi connectivity index (χ0n) is 15.6. The number of nitrogens with zero attached hydrogens (tertiary/aromatic N) is 2. The fourth-order valence-electron chi connectivity index (χ4n) is 3.58. The van der Waals surface area contributed by atoms with Crippen LogP contribution >= 0.6 is 0 Å². The Morgan fingerprint density at radius 1 is 1.16 bits per heavy atom. The lowest BCUT2D eigenvalue weighted by atomic mass is 9.96. The molecule has 25 heavy (non-hydrogen) atoms. The molecule has 2 amide bonds. The summed E-state index contributed by atoms with van der Waals surface area (Å²) in [5.74, 6) is 0.415. The summed E-state index contributed by atoms with van der Waals surface area (Å²) in [6, 6.07) is 8.67. The molecule has 1 heterocycles. The molecule has 0 bridgehead atoms. The Morgan fingerprint density at radius 2 is 1.72 bits per heavy atom. The minimum absolute atomic E-state index is 0.173. The molecule has 1 saturated heterocycles.